The van der Waals surface area contributed by atoms with Crippen LogP contribution in [0.15, 0.2) is 54.7 Å². The van der Waals surface area contributed by atoms with Crippen molar-refractivity contribution in [3.63, 3.8) is 0 Å². The Labute approximate surface area is 164 Å². The predicted octanol–water partition coefficient (Wildman–Crippen LogP) is 3.17. The van der Waals surface area contributed by atoms with E-state index < -0.39 is 0 Å². The van der Waals surface area contributed by atoms with E-state index in [2.05, 4.69) is 15.2 Å². The highest BCUT2D eigenvalue weighted by molar-refractivity contribution is 5.80. The van der Waals surface area contributed by atoms with Crippen LogP contribution in [0.5, 0.6) is 5.75 Å². The van der Waals surface area contributed by atoms with Crippen molar-refractivity contribution in [3.05, 3.63) is 60.3 Å². The van der Waals surface area contributed by atoms with Gasteiger partial charge in [0, 0.05) is 25.2 Å². The second-order valence-corrected chi connectivity index (χ2v) is 7.03. The number of rotatable bonds is 5. The van der Waals surface area contributed by atoms with E-state index in [1.165, 1.54) is 0 Å². The number of amides is 1. The van der Waals surface area contributed by atoms with E-state index >= 15 is 0 Å². The molecule has 0 saturated carbocycles. The molecule has 4 rings (SSSR count). The Balaban J connectivity index is 1.42. The van der Waals surface area contributed by atoms with Crippen LogP contribution in [0.25, 0.3) is 11.0 Å². The number of para-hydroxylation sites is 3. The van der Waals surface area contributed by atoms with Gasteiger partial charge in [0.25, 0.3) is 0 Å². The molecule has 1 aliphatic heterocycles. The normalized spacial score (nSPS) is 16.8. The zero-order valence-corrected chi connectivity index (χ0v) is 16.0. The van der Waals surface area contributed by atoms with E-state index in [-0.39, 0.29) is 11.8 Å². The number of aromatic nitrogens is 2. The number of carbonyl (C=O) groups excluding carboxylic acids is 1. The Morgan fingerprint density at radius 3 is 2.82 bits per heavy atom. The second kappa shape index (κ2) is 8.25. The van der Waals surface area contributed by atoms with Gasteiger partial charge in [0.05, 0.1) is 30.3 Å². The molecule has 1 aliphatic rings. The van der Waals surface area contributed by atoms with Crippen molar-refractivity contribution in [1.82, 2.24) is 15.3 Å². The molecule has 28 heavy (non-hydrogen) atoms. The van der Waals surface area contributed by atoms with Crippen molar-refractivity contribution in [2.75, 3.05) is 25.1 Å². The Kier molecular flexibility index (Phi) is 5.37. The van der Waals surface area contributed by atoms with Crippen LogP contribution in [0, 0.1) is 5.92 Å². The lowest BCUT2D eigenvalue weighted by atomic mass is 9.97. The van der Waals surface area contributed by atoms with Gasteiger partial charge in [-0.15, -0.1) is 0 Å². The molecule has 1 saturated heterocycles. The third kappa shape index (κ3) is 3.91. The lowest BCUT2D eigenvalue weighted by Crippen LogP contribution is -2.43. The molecule has 6 heteroatoms. The largest absolute Gasteiger partial charge is 0.496 e. The topological polar surface area (TPSA) is 67.3 Å². The summed E-state index contributed by atoms with van der Waals surface area (Å²) in [6.45, 7) is 2.02. The van der Waals surface area contributed by atoms with Crippen LogP contribution in [0.2, 0.25) is 0 Å². The third-order valence-corrected chi connectivity index (χ3v) is 5.20. The number of piperidine rings is 1. The van der Waals surface area contributed by atoms with E-state index in [0.717, 1.165) is 47.6 Å². The van der Waals surface area contributed by atoms with E-state index in [1.807, 2.05) is 48.5 Å². The highest BCUT2D eigenvalue weighted by atomic mass is 16.5. The van der Waals surface area contributed by atoms with Gasteiger partial charge in [-0.05, 0) is 31.0 Å². The lowest BCUT2D eigenvalue weighted by molar-refractivity contribution is -0.125. The van der Waals surface area contributed by atoms with Crippen molar-refractivity contribution in [1.29, 1.82) is 0 Å². The molecule has 0 aliphatic carbocycles. The van der Waals surface area contributed by atoms with Crippen LogP contribution in [0.3, 0.4) is 0 Å². The molecule has 0 radical (unpaired) electrons. The summed E-state index contributed by atoms with van der Waals surface area (Å²) in [4.78, 5) is 24.1. The number of fused-ring (bicyclic) bond motifs is 1. The first-order valence-electron chi connectivity index (χ1n) is 9.61. The first-order chi connectivity index (χ1) is 13.7. The molecule has 1 amide bonds. The average Bonchev–Trinajstić information content (AvgIpc) is 2.77. The first kappa shape index (κ1) is 18.2. The molecule has 0 unspecified atom stereocenters. The molecule has 1 N–H and O–H groups in total. The minimum atomic E-state index is -0.0586. The van der Waals surface area contributed by atoms with Gasteiger partial charge >= 0.3 is 0 Å². The van der Waals surface area contributed by atoms with Crippen molar-refractivity contribution in [2.24, 2.45) is 5.92 Å². The van der Waals surface area contributed by atoms with Crippen LogP contribution in [-0.4, -0.2) is 36.1 Å². The smallest absolute Gasteiger partial charge is 0.225 e. The number of ether oxygens (including phenoxy) is 1. The van der Waals surface area contributed by atoms with Crippen molar-refractivity contribution < 1.29 is 9.53 Å². The highest BCUT2D eigenvalue weighted by Gasteiger charge is 2.26. The summed E-state index contributed by atoms with van der Waals surface area (Å²) in [6, 6.07) is 15.6. The van der Waals surface area contributed by atoms with Gasteiger partial charge in [-0.3, -0.25) is 9.78 Å². The van der Waals surface area contributed by atoms with Crippen molar-refractivity contribution in [3.8, 4) is 5.75 Å². The standard InChI is InChI=1S/C22H24N4O2/c1-28-20-11-5-2-7-16(20)13-24-22(27)17-8-6-12-26(15-17)21-14-23-18-9-3-4-10-19(18)25-21/h2-5,7,9-11,14,17H,6,8,12-13,15H2,1H3,(H,24,27)/t17-/m0/s1. The van der Waals surface area contributed by atoms with Crippen LogP contribution in [0.4, 0.5) is 5.82 Å². The Morgan fingerprint density at radius 2 is 1.96 bits per heavy atom. The number of methoxy groups -OCH3 is 1. The van der Waals surface area contributed by atoms with Gasteiger partial charge in [0.2, 0.25) is 5.91 Å². The summed E-state index contributed by atoms with van der Waals surface area (Å²) >= 11 is 0. The number of nitrogens with zero attached hydrogens (tertiary/aromatic N) is 3. The van der Waals surface area contributed by atoms with Crippen molar-refractivity contribution >= 4 is 22.8 Å². The molecule has 0 bridgehead atoms. The number of nitrogens with one attached hydrogen (secondary N) is 1. The van der Waals surface area contributed by atoms with Gasteiger partial charge in [-0.25, -0.2) is 4.98 Å². The summed E-state index contributed by atoms with van der Waals surface area (Å²) in [5.41, 5.74) is 2.74. The van der Waals surface area contributed by atoms with Crippen LogP contribution >= 0.6 is 0 Å². The molecule has 1 fully saturated rings. The Hall–Kier alpha value is -3.15. The zero-order valence-electron chi connectivity index (χ0n) is 16.0. The summed E-state index contributed by atoms with van der Waals surface area (Å²) < 4.78 is 5.36. The Bertz CT molecular complexity index is 975. The summed E-state index contributed by atoms with van der Waals surface area (Å²) in [5, 5.41) is 3.06. The van der Waals surface area contributed by atoms with E-state index in [4.69, 9.17) is 9.72 Å². The van der Waals surface area contributed by atoms with Gasteiger partial charge in [-0.2, -0.15) is 0 Å². The second-order valence-electron chi connectivity index (χ2n) is 7.03. The number of carbonyl (C=O) groups is 1. The van der Waals surface area contributed by atoms with Gasteiger partial charge in [0.1, 0.15) is 11.6 Å². The Morgan fingerprint density at radius 1 is 1.18 bits per heavy atom. The fourth-order valence-electron chi connectivity index (χ4n) is 3.67. The maximum atomic E-state index is 12.7. The number of benzene rings is 2. The predicted molar refractivity (Wildman–Crippen MR) is 109 cm³/mol. The zero-order chi connectivity index (χ0) is 19.3. The van der Waals surface area contributed by atoms with E-state index in [0.29, 0.717) is 13.1 Å². The molecule has 0 spiro atoms. The molecule has 2 aromatic carbocycles. The van der Waals surface area contributed by atoms with Crippen molar-refractivity contribution in [2.45, 2.75) is 19.4 Å². The van der Waals surface area contributed by atoms with Crippen LogP contribution in [-0.2, 0) is 11.3 Å². The van der Waals surface area contributed by atoms with Gasteiger partial charge < -0.3 is 15.0 Å². The molecule has 6 nitrogen and oxygen atoms in total. The SMILES string of the molecule is COc1ccccc1CNC(=O)[C@H]1CCCN(c2cnc3ccccc3n2)C1. The maximum absolute atomic E-state index is 12.7. The molecule has 3 aromatic rings. The molecular formula is C22H24N4O2. The molecule has 2 heterocycles. The fraction of sp³-hybridized carbons (Fsp3) is 0.318. The lowest BCUT2D eigenvalue weighted by Gasteiger charge is -2.32. The quantitative estimate of drug-likeness (QED) is 0.741. The van der Waals surface area contributed by atoms with E-state index in [1.54, 1.807) is 13.3 Å². The fourth-order valence-corrected chi connectivity index (χ4v) is 3.67. The minimum absolute atomic E-state index is 0.0586. The maximum Gasteiger partial charge on any atom is 0.225 e. The van der Waals surface area contributed by atoms with Crippen LogP contribution in [0.1, 0.15) is 18.4 Å². The molecule has 1 atom stereocenters. The average molecular weight is 376 g/mol. The molecule has 144 valence electrons. The van der Waals surface area contributed by atoms with E-state index in [9.17, 15) is 4.79 Å². The number of anilines is 1. The number of hydrogen-bond donors (Lipinski definition) is 1. The number of hydrogen-bond acceptors (Lipinski definition) is 5. The van der Waals surface area contributed by atoms with Gasteiger partial charge in [-0.1, -0.05) is 30.3 Å². The summed E-state index contributed by atoms with van der Waals surface area (Å²) in [7, 11) is 1.64. The first-order valence-corrected chi connectivity index (χ1v) is 9.61. The third-order valence-electron chi connectivity index (χ3n) is 5.20. The minimum Gasteiger partial charge on any atom is -0.496 e. The molecule has 1 aromatic heterocycles. The monoisotopic (exact) mass is 376 g/mol. The van der Waals surface area contributed by atoms with Crippen LogP contribution < -0.4 is 15.0 Å². The molecular weight excluding hydrogens is 352 g/mol. The van der Waals surface area contributed by atoms with Gasteiger partial charge in [0.15, 0.2) is 0 Å². The summed E-state index contributed by atoms with van der Waals surface area (Å²) in [6.07, 6.45) is 3.65. The highest BCUT2D eigenvalue weighted by Crippen LogP contribution is 2.23. The summed E-state index contributed by atoms with van der Waals surface area (Å²) in [5.74, 6) is 1.64.